The molecule has 0 N–H and O–H groups in total. The van der Waals surface area contributed by atoms with Crippen LogP contribution in [0.4, 0.5) is 0 Å². The van der Waals surface area contributed by atoms with Crippen LogP contribution in [-0.4, -0.2) is 5.52 Å². The van der Waals surface area contributed by atoms with Crippen molar-refractivity contribution < 1.29 is 4.79 Å². The predicted molar refractivity (Wildman–Crippen MR) is 99.3 cm³/mol. The van der Waals surface area contributed by atoms with Crippen molar-refractivity contribution in [3.05, 3.63) is 95.6 Å². The molecule has 23 heavy (non-hydrogen) atoms. The molecule has 0 atom stereocenters. The third-order valence-electron chi connectivity index (χ3n) is 3.99. The lowest BCUT2D eigenvalue weighted by Gasteiger charge is -2.18. The summed E-state index contributed by atoms with van der Waals surface area (Å²) in [5, 5.41) is 2.19. The second-order valence-corrected chi connectivity index (χ2v) is 7.72. The van der Waals surface area contributed by atoms with Crippen LogP contribution < -0.4 is 10.6 Å². The quantitative estimate of drug-likeness (QED) is 0.644. The highest BCUT2D eigenvalue weighted by atomic mass is 31.1. The van der Waals surface area contributed by atoms with Crippen LogP contribution in [-0.2, 0) is 0 Å². The van der Waals surface area contributed by atoms with Crippen molar-refractivity contribution in [3.8, 4) is 0 Å². The Morgan fingerprint density at radius 2 is 1.22 bits per heavy atom. The largest absolute Gasteiger partial charge is 0.288 e. The van der Waals surface area contributed by atoms with Crippen LogP contribution in [0.1, 0.15) is 21.5 Å². The summed E-state index contributed by atoms with van der Waals surface area (Å²) in [5.41, 5.74) is 3.38. The molecule has 114 valence electrons. The summed E-state index contributed by atoms with van der Waals surface area (Å²) in [6.07, 6.45) is 0. The van der Waals surface area contributed by atoms with Crippen molar-refractivity contribution in [3.63, 3.8) is 0 Å². The lowest BCUT2D eigenvalue weighted by atomic mass is 10.1. The van der Waals surface area contributed by atoms with E-state index in [9.17, 15) is 4.79 Å². The van der Waals surface area contributed by atoms with Crippen molar-refractivity contribution in [2.45, 2.75) is 13.8 Å². The first kappa shape index (κ1) is 15.6. The second kappa shape index (κ2) is 6.89. The van der Waals surface area contributed by atoms with E-state index in [1.54, 1.807) is 0 Å². The molecule has 0 saturated carbocycles. The molecule has 0 unspecified atom stereocenters. The zero-order valence-electron chi connectivity index (χ0n) is 13.4. The van der Waals surface area contributed by atoms with E-state index in [4.69, 9.17) is 0 Å². The third-order valence-corrected chi connectivity index (χ3v) is 6.28. The highest BCUT2D eigenvalue weighted by Gasteiger charge is 2.23. The standard InChI is InChI=1S/C21H19OP/c1-16-13-14-18(15-17(16)2)21(22)23(19-9-5-3-6-10-19)20-11-7-4-8-12-20/h3-15H,1-2H3. The fourth-order valence-electron chi connectivity index (χ4n) is 2.54. The number of carbonyl (C=O) groups is 1. The minimum Gasteiger partial charge on any atom is -0.288 e. The molecule has 0 bridgehead atoms. The molecule has 0 aliphatic heterocycles. The van der Waals surface area contributed by atoms with Gasteiger partial charge in [-0.2, -0.15) is 0 Å². The van der Waals surface area contributed by atoms with Crippen molar-refractivity contribution in [1.82, 2.24) is 0 Å². The first-order chi connectivity index (χ1) is 11.2. The lowest BCUT2D eigenvalue weighted by Crippen LogP contribution is -2.18. The second-order valence-electron chi connectivity index (χ2n) is 5.61. The Labute approximate surface area is 138 Å². The molecule has 0 heterocycles. The summed E-state index contributed by atoms with van der Waals surface area (Å²) >= 11 is 0. The van der Waals surface area contributed by atoms with E-state index >= 15 is 0 Å². The monoisotopic (exact) mass is 318 g/mol. The SMILES string of the molecule is Cc1ccc(C(=O)P(c2ccccc2)c2ccccc2)cc1C. The van der Waals surface area contributed by atoms with E-state index in [0.29, 0.717) is 0 Å². The third kappa shape index (κ3) is 3.41. The van der Waals surface area contributed by atoms with Gasteiger partial charge in [-0.05, 0) is 41.6 Å². The van der Waals surface area contributed by atoms with Crippen molar-refractivity contribution in [2.24, 2.45) is 0 Å². The van der Waals surface area contributed by atoms with Gasteiger partial charge in [0.05, 0.1) is 0 Å². The number of hydrogen-bond acceptors (Lipinski definition) is 1. The molecule has 0 fully saturated rings. The maximum atomic E-state index is 13.2. The minimum atomic E-state index is -1.05. The molecule has 3 aromatic rings. The Kier molecular flexibility index (Phi) is 4.69. The molecule has 0 amide bonds. The van der Waals surface area contributed by atoms with Gasteiger partial charge >= 0.3 is 0 Å². The Morgan fingerprint density at radius 3 is 1.70 bits per heavy atom. The minimum absolute atomic E-state index is 0.209. The Balaban J connectivity index is 2.08. The molecule has 2 heteroatoms. The number of rotatable bonds is 4. The number of benzene rings is 3. The average molecular weight is 318 g/mol. The molecule has 1 nitrogen and oxygen atoms in total. The first-order valence-corrected chi connectivity index (χ1v) is 9.03. The summed E-state index contributed by atoms with van der Waals surface area (Å²) < 4.78 is 0. The Hall–Kier alpha value is -2.24. The van der Waals surface area contributed by atoms with E-state index < -0.39 is 7.92 Å². The zero-order chi connectivity index (χ0) is 16.2. The van der Waals surface area contributed by atoms with Crippen LogP contribution >= 0.6 is 7.92 Å². The van der Waals surface area contributed by atoms with Crippen LogP contribution in [0.15, 0.2) is 78.9 Å². The van der Waals surface area contributed by atoms with Gasteiger partial charge in [0, 0.05) is 13.5 Å². The summed E-state index contributed by atoms with van der Waals surface area (Å²) in [7, 11) is -1.05. The summed E-state index contributed by atoms with van der Waals surface area (Å²) in [5.74, 6) is 0. The van der Waals surface area contributed by atoms with Gasteiger partial charge in [-0.25, -0.2) is 0 Å². The number of carbonyl (C=O) groups excluding carboxylic acids is 1. The molecular formula is C21H19OP. The average Bonchev–Trinajstić information content (AvgIpc) is 2.59. The number of aryl methyl sites for hydroxylation is 2. The number of hydrogen-bond donors (Lipinski definition) is 0. The molecule has 0 radical (unpaired) electrons. The summed E-state index contributed by atoms with van der Waals surface area (Å²) in [6, 6.07) is 26.2. The van der Waals surface area contributed by atoms with Crippen LogP contribution in [0.25, 0.3) is 0 Å². The van der Waals surface area contributed by atoms with E-state index in [1.165, 1.54) is 5.56 Å². The molecular weight excluding hydrogens is 299 g/mol. The molecule has 0 saturated heterocycles. The van der Waals surface area contributed by atoms with Gasteiger partial charge < -0.3 is 0 Å². The Morgan fingerprint density at radius 1 is 0.696 bits per heavy atom. The van der Waals surface area contributed by atoms with Gasteiger partial charge in [-0.3, -0.25) is 4.79 Å². The van der Waals surface area contributed by atoms with Crippen LogP contribution in [0, 0.1) is 13.8 Å². The fourth-order valence-corrected chi connectivity index (χ4v) is 4.65. The van der Waals surface area contributed by atoms with Crippen LogP contribution in [0.2, 0.25) is 0 Å². The van der Waals surface area contributed by atoms with E-state index in [-0.39, 0.29) is 5.52 Å². The molecule has 0 aliphatic rings. The van der Waals surface area contributed by atoms with E-state index in [2.05, 4.69) is 38.1 Å². The topological polar surface area (TPSA) is 17.1 Å². The highest BCUT2D eigenvalue weighted by Crippen LogP contribution is 2.38. The van der Waals surface area contributed by atoms with E-state index in [0.717, 1.165) is 21.7 Å². The zero-order valence-corrected chi connectivity index (χ0v) is 14.3. The normalized spacial score (nSPS) is 10.7. The van der Waals surface area contributed by atoms with Crippen molar-refractivity contribution in [1.29, 1.82) is 0 Å². The smallest absolute Gasteiger partial charge is 0.193 e. The van der Waals surface area contributed by atoms with Gasteiger partial charge in [-0.15, -0.1) is 0 Å². The molecule has 0 aliphatic carbocycles. The maximum Gasteiger partial charge on any atom is 0.193 e. The Bertz CT molecular complexity index is 770. The summed E-state index contributed by atoms with van der Waals surface area (Å²) in [6.45, 7) is 4.13. The van der Waals surface area contributed by atoms with Crippen molar-refractivity contribution in [2.75, 3.05) is 0 Å². The summed E-state index contributed by atoms with van der Waals surface area (Å²) in [4.78, 5) is 13.2. The van der Waals surface area contributed by atoms with Gasteiger partial charge in [-0.1, -0.05) is 72.8 Å². The first-order valence-electron chi connectivity index (χ1n) is 7.68. The van der Waals surface area contributed by atoms with E-state index in [1.807, 2.05) is 54.6 Å². The molecule has 0 spiro atoms. The van der Waals surface area contributed by atoms with Gasteiger partial charge in [0.25, 0.3) is 0 Å². The van der Waals surface area contributed by atoms with Crippen molar-refractivity contribution >= 4 is 24.1 Å². The maximum absolute atomic E-state index is 13.2. The molecule has 3 rings (SSSR count). The highest BCUT2D eigenvalue weighted by molar-refractivity contribution is 7.88. The van der Waals surface area contributed by atoms with Crippen LogP contribution in [0.3, 0.4) is 0 Å². The van der Waals surface area contributed by atoms with Gasteiger partial charge in [0.2, 0.25) is 0 Å². The van der Waals surface area contributed by atoms with Gasteiger partial charge in [0.15, 0.2) is 5.52 Å². The predicted octanol–water partition coefficient (Wildman–Crippen LogP) is 4.58. The van der Waals surface area contributed by atoms with Gasteiger partial charge in [0.1, 0.15) is 0 Å². The lowest BCUT2D eigenvalue weighted by molar-refractivity contribution is 0.108. The molecule has 3 aromatic carbocycles. The molecule has 0 aromatic heterocycles. The van der Waals surface area contributed by atoms with Crippen LogP contribution in [0.5, 0.6) is 0 Å². The fraction of sp³-hybridized carbons (Fsp3) is 0.0952.